The van der Waals surface area contributed by atoms with Gasteiger partial charge < -0.3 is 28.4 Å². The van der Waals surface area contributed by atoms with Crippen LogP contribution in [0.2, 0.25) is 0 Å². The Morgan fingerprint density at radius 1 is 1.00 bits per heavy atom. The minimum Gasteiger partial charge on any atom is -0.463 e. The van der Waals surface area contributed by atoms with Crippen molar-refractivity contribution < 1.29 is 47.5 Å². The smallest absolute Gasteiger partial charge is 0.303 e. The van der Waals surface area contributed by atoms with E-state index in [1.807, 2.05) is 0 Å². The van der Waals surface area contributed by atoms with E-state index >= 15 is 0 Å². The van der Waals surface area contributed by atoms with Crippen LogP contribution in [-0.4, -0.2) is 73.1 Å². The molecule has 0 aromatic carbocycles. The number of rotatable bonds is 7. The summed E-state index contributed by atoms with van der Waals surface area (Å²) in [6.07, 6.45) is -4.92. The molecule has 0 spiro atoms. The van der Waals surface area contributed by atoms with E-state index in [-0.39, 0.29) is 6.61 Å². The lowest BCUT2D eigenvalue weighted by Gasteiger charge is -2.40. The van der Waals surface area contributed by atoms with Crippen molar-refractivity contribution in [3.05, 3.63) is 0 Å². The Morgan fingerprint density at radius 2 is 1.63 bits per heavy atom. The topological polar surface area (TPSA) is 116 Å². The molecule has 2 aliphatic rings. The van der Waals surface area contributed by atoms with Crippen molar-refractivity contribution in [2.75, 3.05) is 18.5 Å². The van der Waals surface area contributed by atoms with Crippen LogP contribution in [0.3, 0.4) is 0 Å². The summed E-state index contributed by atoms with van der Waals surface area (Å²) >= 11 is 3.24. The van der Waals surface area contributed by atoms with E-state index in [2.05, 4.69) is 15.9 Å². The summed E-state index contributed by atoms with van der Waals surface area (Å²) in [6.45, 7) is 5.26. The highest BCUT2D eigenvalue weighted by atomic mass is 79.9. The van der Waals surface area contributed by atoms with E-state index < -0.39 is 54.6 Å². The maximum atomic E-state index is 11.6. The van der Waals surface area contributed by atoms with Crippen LogP contribution in [0.4, 0.5) is 0 Å². The van der Waals surface area contributed by atoms with Gasteiger partial charge in [0.2, 0.25) is 0 Å². The van der Waals surface area contributed by atoms with Gasteiger partial charge in [0.25, 0.3) is 5.97 Å². The minimum absolute atomic E-state index is 0.226. The van der Waals surface area contributed by atoms with Crippen molar-refractivity contribution >= 4 is 33.8 Å². The van der Waals surface area contributed by atoms with Crippen molar-refractivity contribution in [1.29, 1.82) is 0 Å². The van der Waals surface area contributed by atoms with Gasteiger partial charge in [-0.3, -0.25) is 19.1 Å². The summed E-state index contributed by atoms with van der Waals surface area (Å²) < 4.78 is 38.4. The van der Waals surface area contributed by atoms with Crippen LogP contribution in [0.1, 0.15) is 27.7 Å². The number of carbonyl (C=O) groups is 3. The molecule has 0 bridgehead atoms. The van der Waals surface area contributed by atoms with Crippen molar-refractivity contribution in [1.82, 2.24) is 0 Å². The lowest BCUT2D eigenvalue weighted by Crippen LogP contribution is -2.60. The highest BCUT2D eigenvalue weighted by molar-refractivity contribution is 9.09. The molecular weight excluding hydrogens is 432 g/mol. The molecule has 11 heteroatoms. The van der Waals surface area contributed by atoms with E-state index in [4.69, 9.17) is 33.2 Å². The molecule has 0 aromatic heterocycles. The van der Waals surface area contributed by atoms with E-state index in [1.54, 1.807) is 6.92 Å². The van der Waals surface area contributed by atoms with Crippen molar-refractivity contribution in [2.24, 2.45) is 0 Å². The molecule has 2 rings (SSSR count). The average Bonchev–Trinajstić information content (AvgIpc) is 2.89. The van der Waals surface area contributed by atoms with Crippen molar-refractivity contribution in [3.8, 4) is 0 Å². The fourth-order valence-corrected chi connectivity index (χ4v) is 3.03. The van der Waals surface area contributed by atoms with Crippen LogP contribution in [0.5, 0.6) is 0 Å². The standard InChI is InChI=1S/C16H23BrO10/c1-8(18)21-7-11-12(23-9(2)19)13(24-10(3)20)14-15(25-11)27-16(4,26-14)22-6-5-17/h11-15H,5-7H2,1-4H3/t11-,12-,13+,14+,15-,16?/m1/s1. The number of halogens is 1. The summed E-state index contributed by atoms with van der Waals surface area (Å²) in [4.78, 5) is 34.3. The lowest BCUT2D eigenvalue weighted by atomic mass is 9.98. The predicted molar refractivity (Wildman–Crippen MR) is 90.5 cm³/mol. The molecule has 10 nitrogen and oxygen atoms in total. The second kappa shape index (κ2) is 9.28. The lowest BCUT2D eigenvalue weighted by molar-refractivity contribution is -0.342. The van der Waals surface area contributed by atoms with Crippen LogP contribution in [-0.2, 0) is 47.5 Å². The first-order valence-corrected chi connectivity index (χ1v) is 9.46. The maximum absolute atomic E-state index is 11.6. The Kier molecular flexibility index (Phi) is 7.57. The fraction of sp³-hybridized carbons (Fsp3) is 0.812. The number of hydrogen-bond acceptors (Lipinski definition) is 10. The Hall–Kier alpha value is -1.27. The molecule has 0 aromatic rings. The summed E-state index contributed by atoms with van der Waals surface area (Å²) in [6, 6.07) is 0. The van der Waals surface area contributed by atoms with Gasteiger partial charge in [-0.15, -0.1) is 0 Å². The third kappa shape index (κ3) is 5.85. The first-order chi connectivity index (χ1) is 12.6. The van der Waals surface area contributed by atoms with Gasteiger partial charge in [0.1, 0.15) is 12.7 Å². The summed E-state index contributed by atoms with van der Waals surface area (Å²) in [5.74, 6) is -3.22. The zero-order chi connectivity index (χ0) is 20.2. The number of fused-ring (bicyclic) bond motifs is 1. The number of hydrogen-bond donors (Lipinski definition) is 0. The second-order valence-corrected chi connectivity index (χ2v) is 6.89. The maximum Gasteiger partial charge on any atom is 0.303 e. The molecular formula is C16H23BrO10. The van der Waals surface area contributed by atoms with Crippen LogP contribution in [0.15, 0.2) is 0 Å². The Labute approximate surface area is 164 Å². The molecule has 0 aliphatic carbocycles. The van der Waals surface area contributed by atoms with E-state index in [0.29, 0.717) is 11.9 Å². The normalized spacial score (nSPS) is 35.2. The van der Waals surface area contributed by atoms with Gasteiger partial charge in [-0.25, -0.2) is 0 Å². The molecule has 0 N–H and O–H groups in total. The monoisotopic (exact) mass is 454 g/mol. The van der Waals surface area contributed by atoms with E-state index in [0.717, 1.165) is 0 Å². The highest BCUT2D eigenvalue weighted by Gasteiger charge is 2.59. The van der Waals surface area contributed by atoms with Crippen molar-refractivity contribution in [2.45, 2.75) is 64.4 Å². The molecule has 0 radical (unpaired) electrons. The van der Waals surface area contributed by atoms with Gasteiger partial charge in [-0.1, -0.05) is 15.9 Å². The van der Waals surface area contributed by atoms with Crippen LogP contribution in [0.25, 0.3) is 0 Å². The Balaban J connectivity index is 2.27. The second-order valence-electron chi connectivity index (χ2n) is 6.09. The molecule has 2 fully saturated rings. The summed E-state index contributed by atoms with van der Waals surface area (Å²) in [5, 5.41) is 0.546. The van der Waals surface area contributed by atoms with Crippen LogP contribution < -0.4 is 0 Å². The first-order valence-electron chi connectivity index (χ1n) is 8.34. The number of esters is 3. The van der Waals surface area contributed by atoms with Gasteiger partial charge >= 0.3 is 17.9 Å². The molecule has 154 valence electrons. The molecule has 0 amide bonds. The van der Waals surface area contributed by atoms with E-state index in [9.17, 15) is 14.4 Å². The van der Waals surface area contributed by atoms with Gasteiger partial charge in [0.15, 0.2) is 24.6 Å². The molecule has 0 saturated carbocycles. The molecule has 2 saturated heterocycles. The Morgan fingerprint density at radius 3 is 2.19 bits per heavy atom. The number of alkyl halides is 1. The zero-order valence-electron chi connectivity index (χ0n) is 15.5. The zero-order valence-corrected chi connectivity index (χ0v) is 17.1. The average molecular weight is 455 g/mol. The van der Waals surface area contributed by atoms with Gasteiger partial charge in [0, 0.05) is 33.0 Å². The fourth-order valence-electron chi connectivity index (χ4n) is 2.87. The molecule has 1 unspecified atom stereocenters. The Bertz CT molecular complexity index is 569. The van der Waals surface area contributed by atoms with Crippen LogP contribution in [0, 0.1) is 0 Å². The first kappa shape index (κ1) is 22.0. The third-order valence-electron chi connectivity index (χ3n) is 3.77. The SMILES string of the molecule is CC(=O)OC[C@H]1O[C@@H]2OC(C)(OCCBr)O[C@H]2[C@@H](OC(C)=O)[C@@H]1OC(C)=O. The highest BCUT2D eigenvalue weighted by Crippen LogP contribution is 2.39. The van der Waals surface area contributed by atoms with E-state index in [1.165, 1.54) is 20.8 Å². The molecule has 6 atom stereocenters. The number of ether oxygens (including phenoxy) is 7. The largest absolute Gasteiger partial charge is 0.463 e. The minimum atomic E-state index is -1.45. The summed E-state index contributed by atoms with van der Waals surface area (Å²) in [5.41, 5.74) is 0. The van der Waals surface area contributed by atoms with Gasteiger partial charge in [0.05, 0.1) is 6.61 Å². The summed E-state index contributed by atoms with van der Waals surface area (Å²) in [7, 11) is 0. The van der Waals surface area contributed by atoms with Crippen LogP contribution >= 0.6 is 15.9 Å². The quantitative estimate of drug-likeness (QED) is 0.308. The van der Waals surface area contributed by atoms with Gasteiger partial charge in [-0.2, -0.15) is 0 Å². The number of carbonyl (C=O) groups excluding carboxylic acids is 3. The molecule has 2 heterocycles. The van der Waals surface area contributed by atoms with Crippen molar-refractivity contribution in [3.63, 3.8) is 0 Å². The molecule has 2 aliphatic heterocycles. The molecule has 27 heavy (non-hydrogen) atoms. The predicted octanol–water partition coefficient (Wildman–Crippen LogP) is 0.638. The van der Waals surface area contributed by atoms with Gasteiger partial charge in [-0.05, 0) is 0 Å². The third-order valence-corrected chi connectivity index (χ3v) is 4.09.